The van der Waals surface area contributed by atoms with E-state index in [2.05, 4.69) is 32.0 Å². The molecule has 3 aromatic carbocycles. The molecule has 0 bridgehead atoms. The lowest BCUT2D eigenvalue weighted by molar-refractivity contribution is -0.114. The standard InChI is InChI=1S/C32H32Cl2N8O5S/c1-7-41(6)21-11-12-26(27(16-21)36-18(2)43)38-39-30-23(17-35)29(32(3,4)5)40-42(30)28-24(33)14-20(15-25(28)34)37-31(44)19-9-8-10-22(13-19)48(45,46)47/h8-16H,7H2,1-6H3,(H,36,43)(H,37,44)(H,45,46,47). The Labute approximate surface area is 287 Å². The van der Waals surface area contributed by atoms with Crippen LogP contribution >= 0.6 is 23.2 Å². The lowest BCUT2D eigenvalue weighted by atomic mass is 9.90. The van der Waals surface area contributed by atoms with Gasteiger partial charge in [-0.25, -0.2) is 4.68 Å². The Morgan fingerprint density at radius 2 is 1.73 bits per heavy atom. The molecule has 4 rings (SSSR count). The predicted octanol–water partition coefficient (Wildman–Crippen LogP) is 7.68. The zero-order chi connectivity index (χ0) is 35.6. The van der Waals surface area contributed by atoms with Crippen molar-refractivity contribution in [3.05, 3.63) is 81.5 Å². The highest BCUT2D eigenvalue weighted by atomic mass is 35.5. The molecule has 3 N–H and O–H groups in total. The van der Waals surface area contributed by atoms with E-state index in [0.717, 1.165) is 24.4 Å². The van der Waals surface area contributed by atoms with E-state index in [1.807, 2.05) is 45.7 Å². The second-order valence-electron chi connectivity index (χ2n) is 11.7. The van der Waals surface area contributed by atoms with E-state index in [-0.39, 0.29) is 44.3 Å². The number of benzene rings is 3. The number of carbonyl (C=O) groups excluding carboxylic acids is 2. The fourth-order valence-electron chi connectivity index (χ4n) is 4.55. The smallest absolute Gasteiger partial charge is 0.294 e. The van der Waals surface area contributed by atoms with Gasteiger partial charge >= 0.3 is 0 Å². The van der Waals surface area contributed by atoms with E-state index < -0.39 is 26.3 Å². The average Bonchev–Trinajstić information content (AvgIpc) is 3.37. The Bertz CT molecular complexity index is 2080. The van der Waals surface area contributed by atoms with Gasteiger partial charge in [0.1, 0.15) is 23.0 Å². The van der Waals surface area contributed by atoms with Gasteiger partial charge in [-0.05, 0) is 55.5 Å². The predicted molar refractivity (Wildman–Crippen MR) is 185 cm³/mol. The largest absolute Gasteiger partial charge is 0.375 e. The summed E-state index contributed by atoms with van der Waals surface area (Å²) < 4.78 is 33.7. The van der Waals surface area contributed by atoms with Crippen molar-refractivity contribution in [1.29, 1.82) is 5.26 Å². The number of halogens is 2. The van der Waals surface area contributed by atoms with Gasteiger partial charge in [-0.3, -0.25) is 14.1 Å². The molecule has 0 atom stereocenters. The quantitative estimate of drug-likeness (QED) is 0.117. The topological polar surface area (TPSA) is 182 Å². The molecule has 0 unspecified atom stereocenters. The van der Waals surface area contributed by atoms with E-state index in [1.54, 1.807) is 12.1 Å². The molecule has 0 saturated carbocycles. The monoisotopic (exact) mass is 710 g/mol. The maximum Gasteiger partial charge on any atom is 0.294 e. The second-order valence-corrected chi connectivity index (χ2v) is 13.9. The molecule has 1 heterocycles. The van der Waals surface area contributed by atoms with Crippen LogP contribution in [-0.4, -0.2) is 48.2 Å². The minimum absolute atomic E-state index is 0.0218. The van der Waals surface area contributed by atoms with Crippen molar-refractivity contribution in [2.45, 2.75) is 44.9 Å². The van der Waals surface area contributed by atoms with Crippen LogP contribution in [0.1, 0.15) is 56.2 Å². The number of azo groups is 1. The van der Waals surface area contributed by atoms with Crippen LogP contribution in [0.2, 0.25) is 10.0 Å². The van der Waals surface area contributed by atoms with E-state index in [0.29, 0.717) is 17.1 Å². The van der Waals surface area contributed by atoms with Crippen molar-refractivity contribution in [1.82, 2.24) is 9.78 Å². The van der Waals surface area contributed by atoms with Gasteiger partial charge in [-0.1, -0.05) is 50.0 Å². The van der Waals surface area contributed by atoms with Crippen molar-refractivity contribution in [3.63, 3.8) is 0 Å². The van der Waals surface area contributed by atoms with Crippen molar-refractivity contribution in [2.75, 3.05) is 29.1 Å². The SMILES string of the molecule is CCN(C)c1ccc(N=Nc2c(C#N)c(C(C)(C)C)nn2-c2c(Cl)cc(NC(=O)c3cccc(S(=O)(=O)O)c3)cc2Cl)c(NC(C)=O)c1. The fraction of sp³-hybridized carbons (Fsp3) is 0.250. The Morgan fingerprint density at radius 3 is 2.29 bits per heavy atom. The lowest BCUT2D eigenvalue weighted by Crippen LogP contribution is -2.16. The molecule has 2 amide bonds. The van der Waals surface area contributed by atoms with E-state index in [9.17, 15) is 27.8 Å². The number of nitrogens with zero attached hydrogens (tertiary/aromatic N) is 6. The summed E-state index contributed by atoms with van der Waals surface area (Å²) in [6.45, 7) is 9.72. The van der Waals surface area contributed by atoms with Gasteiger partial charge in [0.15, 0.2) is 5.82 Å². The third kappa shape index (κ3) is 8.00. The summed E-state index contributed by atoms with van der Waals surface area (Å²) in [7, 11) is -2.62. The van der Waals surface area contributed by atoms with Crippen LogP contribution in [0.3, 0.4) is 0 Å². The minimum Gasteiger partial charge on any atom is -0.375 e. The van der Waals surface area contributed by atoms with Crippen molar-refractivity contribution in [3.8, 4) is 11.8 Å². The number of rotatable bonds is 9. The highest BCUT2D eigenvalue weighted by molar-refractivity contribution is 7.85. The first-order chi connectivity index (χ1) is 22.4. The molecule has 0 aliphatic rings. The minimum atomic E-state index is -4.53. The lowest BCUT2D eigenvalue weighted by Gasteiger charge is -2.18. The number of hydrogen-bond acceptors (Lipinski definition) is 9. The van der Waals surface area contributed by atoms with Gasteiger partial charge in [0.05, 0.1) is 26.3 Å². The second kappa shape index (κ2) is 14.1. The van der Waals surface area contributed by atoms with Crippen LogP contribution in [0.25, 0.3) is 5.69 Å². The van der Waals surface area contributed by atoms with Gasteiger partial charge < -0.3 is 15.5 Å². The van der Waals surface area contributed by atoms with Crippen LogP contribution in [0.15, 0.2) is 69.7 Å². The highest BCUT2D eigenvalue weighted by Gasteiger charge is 2.29. The summed E-state index contributed by atoms with van der Waals surface area (Å²) in [5, 5.41) is 29.2. The first-order valence-electron chi connectivity index (χ1n) is 14.4. The van der Waals surface area contributed by atoms with E-state index in [4.69, 9.17) is 23.2 Å². The number of amides is 2. The zero-order valence-corrected chi connectivity index (χ0v) is 29.2. The summed E-state index contributed by atoms with van der Waals surface area (Å²) in [5.74, 6) is -0.979. The molecule has 0 radical (unpaired) electrons. The first kappa shape index (κ1) is 36.0. The normalized spacial score (nSPS) is 11.8. The summed E-state index contributed by atoms with van der Waals surface area (Å²) in [6, 6.07) is 15.1. The van der Waals surface area contributed by atoms with Crippen LogP contribution in [0.4, 0.5) is 28.6 Å². The Kier molecular flexibility index (Phi) is 10.6. The van der Waals surface area contributed by atoms with Gasteiger partial charge in [-0.2, -0.15) is 18.8 Å². The molecule has 0 fully saturated rings. The number of nitrogens with one attached hydrogen (secondary N) is 2. The maximum absolute atomic E-state index is 12.9. The highest BCUT2D eigenvalue weighted by Crippen LogP contribution is 2.40. The molecule has 1 aromatic heterocycles. The van der Waals surface area contributed by atoms with Gasteiger partial charge in [-0.15, -0.1) is 10.2 Å². The van der Waals surface area contributed by atoms with Gasteiger partial charge in [0, 0.05) is 42.9 Å². The molecular formula is C32H32Cl2N8O5S. The molecule has 48 heavy (non-hydrogen) atoms. The molecule has 0 spiro atoms. The molecule has 13 nitrogen and oxygen atoms in total. The summed E-state index contributed by atoms with van der Waals surface area (Å²) in [5.41, 5.74) is 1.74. The third-order valence-electron chi connectivity index (χ3n) is 7.02. The van der Waals surface area contributed by atoms with E-state index in [1.165, 1.54) is 35.9 Å². The first-order valence-corrected chi connectivity index (χ1v) is 16.6. The third-order valence-corrected chi connectivity index (χ3v) is 8.45. The van der Waals surface area contributed by atoms with Crippen LogP contribution in [0, 0.1) is 11.3 Å². The average molecular weight is 712 g/mol. The van der Waals surface area contributed by atoms with Gasteiger partial charge in [0.25, 0.3) is 16.0 Å². The Morgan fingerprint density at radius 1 is 1.06 bits per heavy atom. The zero-order valence-electron chi connectivity index (χ0n) is 26.8. The van der Waals surface area contributed by atoms with Crippen LogP contribution in [0.5, 0.6) is 0 Å². The van der Waals surface area contributed by atoms with Crippen LogP contribution in [-0.2, 0) is 20.3 Å². The summed E-state index contributed by atoms with van der Waals surface area (Å²) >= 11 is 13.4. The maximum atomic E-state index is 12.9. The molecule has 0 aliphatic heterocycles. The number of carbonyl (C=O) groups is 2. The summed E-state index contributed by atoms with van der Waals surface area (Å²) in [6.07, 6.45) is 0. The van der Waals surface area contributed by atoms with Crippen molar-refractivity contribution < 1.29 is 22.6 Å². The fourth-order valence-corrected chi connectivity index (χ4v) is 5.72. The molecule has 0 aliphatic carbocycles. The van der Waals surface area contributed by atoms with Crippen molar-refractivity contribution in [2.24, 2.45) is 10.2 Å². The number of nitriles is 1. The van der Waals surface area contributed by atoms with Crippen LogP contribution < -0.4 is 15.5 Å². The Hall–Kier alpha value is -4.81. The molecule has 250 valence electrons. The molecular weight excluding hydrogens is 679 g/mol. The summed E-state index contributed by atoms with van der Waals surface area (Å²) in [4.78, 5) is 26.5. The number of hydrogen-bond donors (Lipinski definition) is 3. The molecule has 0 saturated heterocycles. The number of aromatic nitrogens is 2. The van der Waals surface area contributed by atoms with E-state index >= 15 is 0 Å². The molecule has 16 heteroatoms. The van der Waals surface area contributed by atoms with Crippen molar-refractivity contribution >= 4 is 73.7 Å². The number of anilines is 3. The Balaban J connectivity index is 1.81. The molecule has 4 aromatic rings. The van der Waals surface area contributed by atoms with Gasteiger partial charge in [0.2, 0.25) is 5.91 Å².